The molecule has 1 saturated carbocycles. The van der Waals surface area contributed by atoms with Gasteiger partial charge in [0.25, 0.3) is 0 Å². The lowest BCUT2D eigenvalue weighted by Gasteiger charge is -2.30. The van der Waals surface area contributed by atoms with Crippen LogP contribution in [0.4, 0.5) is 4.39 Å². The molecule has 1 fully saturated rings. The van der Waals surface area contributed by atoms with E-state index in [-0.39, 0.29) is 11.6 Å². The molecule has 0 bridgehead atoms. The SMILES string of the molecule is CN(CCC(=O)c1cccc(F)c1)C1CCCCC1. The maximum atomic E-state index is 13.1. The van der Waals surface area contributed by atoms with Gasteiger partial charge in [0.2, 0.25) is 0 Å². The molecule has 0 radical (unpaired) electrons. The summed E-state index contributed by atoms with van der Waals surface area (Å²) in [6.07, 6.45) is 6.89. The number of benzene rings is 1. The Kier molecular flexibility index (Phi) is 5.08. The molecule has 1 aromatic carbocycles. The first-order chi connectivity index (χ1) is 9.16. The topological polar surface area (TPSA) is 20.3 Å². The summed E-state index contributed by atoms with van der Waals surface area (Å²) >= 11 is 0. The zero-order valence-corrected chi connectivity index (χ0v) is 11.6. The molecule has 19 heavy (non-hydrogen) atoms. The lowest BCUT2D eigenvalue weighted by molar-refractivity contribution is 0.0952. The van der Waals surface area contributed by atoms with Crippen molar-refractivity contribution in [1.29, 1.82) is 0 Å². The summed E-state index contributed by atoms with van der Waals surface area (Å²) in [7, 11) is 2.09. The van der Waals surface area contributed by atoms with Gasteiger partial charge in [0.05, 0.1) is 0 Å². The molecule has 0 aliphatic heterocycles. The van der Waals surface area contributed by atoms with Gasteiger partial charge < -0.3 is 4.90 Å². The molecule has 0 N–H and O–H groups in total. The van der Waals surface area contributed by atoms with Crippen molar-refractivity contribution in [3.8, 4) is 0 Å². The first-order valence-corrected chi connectivity index (χ1v) is 7.16. The lowest BCUT2D eigenvalue weighted by atomic mass is 9.94. The molecular weight excluding hydrogens is 241 g/mol. The van der Waals surface area contributed by atoms with Crippen LogP contribution in [-0.2, 0) is 0 Å². The van der Waals surface area contributed by atoms with Crippen LogP contribution in [0.3, 0.4) is 0 Å². The fraction of sp³-hybridized carbons (Fsp3) is 0.562. The Morgan fingerprint density at radius 1 is 1.32 bits per heavy atom. The minimum atomic E-state index is -0.341. The monoisotopic (exact) mass is 263 g/mol. The Bertz CT molecular complexity index is 427. The maximum absolute atomic E-state index is 13.1. The van der Waals surface area contributed by atoms with Crippen molar-refractivity contribution < 1.29 is 9.18 Å². The zero-order chi connectivity index (χ0) is 13.7. The van der Waals surface area contributed by atoms with Crippen LogP contribution >= 0.6 is 0 Å². The number of hydrogen-bond donors (Lipinski definition) is 0. The number of Topliss-reactive ketones (excluding diaryl/α,β-unsaturated/α-hetero) is 1. The van der Waals surface area contributed by atoms with Crippen molar-refractivity contribution >= 4 is 5.78 Å². The van der Waals surface area contributed by atoms with Gasteiger partial charge in [-0.15, -0.1) is 0 Å². The summed E-state index contributed by atoms with van der Waals surface area (Å²) in [4.78, 5) is 14.3. The molecular formula is C16H22FNO. The molecule has 0 spiro atoms. The van der Waals surface area contributed by atoms with Crippen LogP contribution in [-0.4, -0.2) is 30.3 Å². The number of nitrogens with zero attached hydrogens (tertiary/aromatic N) is 1. The quantitative estimate of drug-likeness (QED) is 0.756. The fourth-order valence-corrected chi connectivity index (χ4v) is 2.79. The molecule has 0 atom stereocenters. The molecule has 104 valence electrons. The van der Waals surface area contributed by atoms with Gasteiger partial charge >= 0.3 is 0 Å². The van der Waals surface area contributed by atoms with Crippen LogP contribution in [0.2, 0.25) is 0 Å². The van der Waals surface area contributed by atoms with Crippen molar-refractivity contribution in [2.45, 2.75) is 44.6 Å². The lowest BCUT2D eigenvalue weighted by Crippen LogP contribution is -2.34. The van der Waals surface area contributed by atoms with Gasteiger partial charge in [-0.1, -0.05) is 31.4 Å². The van der Waals surface area contributed by atoms with Gasteiger partial charge in [-0.2, -0.15) is 0 Å². The predicted octanol–water partition coefficient (Wildman–Crippen LogP) is 3.66. The highest BCUT2D eigenvalue weighted by Crippen LogP contribution is 2.21. The molecule has 0 amide bonds. The second-order valence-electron chi connectivity index (χ2n) is 5.46. The molecule has 1 aliphatic rings. The van der Waals surface area contributed by atoms with Gasteiger partial charge in [0, 0.05) is 24.6 Å². The van der Waals surface area contributed by atoms with Crippen molar-refractivity contribution in [3.05, 3.63) is 35.6 Å². The second kappa shape index (κ2) is 6.80. The molecule has 0 saturated heterocycles. The normalized spacial score (nSPS) is 16.8. The first kappa shape index (κ1) is 14.2. The van der Waals surface area contributed by atoms with E-state index in [4.69, 9.17) is 0 Å². The van der Waals surface area contributed by atoms with E-state index in [0.717, 1.165) is 6.54 Å². The van der Waals surface area contributed by atoms with Crippen molar-refractivity contribution in [3.63, 3.8) is 0 Å². The Hall–Kier alpha value is -1.22. The Labute approximate surface area is 114 Å². The van der Waals surface area contributed by atoms with Crippen LogP contribution in [0.5, 0.6) is 0 Å². The summed E-state index contributed by atoms with van der Waals surface area (Å²) in [6.45, 7) is 0.764. The summed E-state index contributed by atoms with van der Waals surface area (Å²) < 4.78 is 13.1. The Balaban J connectivity index is 1.82. The first-order valence-electron chi connectivity index (χ1n) is 7.16. The third-order valence-corrected chi connectivity index (χ3v) is 4.04. The van der Waals surface area contributed by atoms with Gasteiger partial charge in [0.15, 0.2) is 5.78 Å². The van der Waals surface area contributed by atoms with E-state index in [1.54, 1.807) is 12.1 Å². The molecule has 1 aliphatic carbocycles. The average Bonchev–Trinajstić information content (AvgIpc) is 2.45. The van der Waals surface area contributed by atoms with E-state index in [2.05, 4.69) is 11.9 Å². The summed E-state index contributed by atoms with van der Waals surface area (Å²) in [5.41, 5.74) is 0.483. The van der Waals surface area contributed by atoms with Crippen molar-refractivity contribution in [2.75, 3.05) is 13.6 Å². The van der Waals surface area contributed by atoms with Crippen molar-refractivity contribution in [1.82, 2.24) is 4.90 Å². The highest BCUT2D eigenvalue weighted by Gasteiger charge is 2.18. The van der Waals surface area contributed by atoms with E-state index >= 15 is 0 Å². The van der Waals surface area contributed by atoms with E-state index in [9.17, 15) is 9.18 Å². The molecule has 3 heteroatoms. The Morgan fingerprint density at radius 2 is 2.05 bits per heavy atom. The maximum Gasteiger partial charge on any atom is 0.164 e. The molecule has 2 rings (SSSR count). The number of rotatable bonds is 5. The summed E-state index contributed by atoms with van der Waals surface area (Å²) in [5, 5.41) is 0. The standard InChI is InChI=1S/C16H22FNO/c1-18(15-8-3-2-4-9-15)11-10-16(19)13-6-5-7-14(17)12-13/h5-7,12,15H,2-4,8-11H2,1H3. The molecule has 2 nitrogen and oxygen atoms in total. The fourth-order valence-electron chi connectivity index (χ4n) is 2.79. The molecule has 0 aromatic heterocycles. The largest absolute Gasteiger partial charge is 0.303 e. The van der Waals surface area contributed by atoms with Gasteiger partial charge in [-0.25, -0.2) is 4.39 Å². The van der Waals surface area contributed by atoms with E-state index in [1.807, 2.05) is 0 Å². The third kappa shape index (κ3) is 4.13. The molecule has 0 heterocycles. The van der Waals surface area contributed by atoms with E-state index in [1.165, 1.54) is 44.2 Å². The minimum Gasteiger partial charge on any atom is -0.303 e. The van der Waals surface area contributed by atoms with Crippen LogP contribution in [0.1, 0.15) is 48.9 Å². The average molecular weight is 263 g/mol. The predicted molar refractivity (Wildman–Crippen MR) is 74.9 cm³/mol. The van der Waals surface area contributed by atoms with Gasteiger partial charge in [-0.3, -0.25) is 4.79 Å². The zero-order valence-electron chi connectivity index (χ0n) is 11.6. The Morgan fingerprint density at radius 3 is 2.74 bits per heavy atom. The highest BCUT2D eigenvalue weighted by molar-refractivity contribution is 5.96. The third-order valence-electron chi connectivity index (χ3n) is 4.04. The van der Waals surface area contributed by atoms with E-state index in [0.29, 0.717) is 18.0 Å². The number of hydrogen-bond acceptors (Lipinski definition) is 2. The van der Waals surface area contributed by atoms with E-state index < -0.39 is 0 Å². The summed E-state index contributed by atoms with van der Waals surface area (Å²) in [6, 6.07) is 6.59. The van der Waals surface area contributed by atoms with Gasteiger partial charge in [0.1, 0.15) is 5.82 Å². The number of carbonyl (C=O) groups is 1. The number of carbonyl (C=O) groups excluding carboxylic acids is 1. The summed E-state index contributed by atoms with van der Waals surface area (Å²) in [5.74, 6) is -0.311. The highest BCUT2D eigenvalue weighted by atomic mass is 19.1. The number of ketones is 1. The van der Waals surface area contributed by atoms with Crippen LogP contribution < -0.4 is 0 Å². The smallest absolute Gasteiger partial charge is 0.164 e. The van der Waals surface area contributed by atoms with Crippen LogP contribution in [0.25, 0.3) is 0 Å². The van der Waals surface area contributed by atoms with Crippen LogP contribution in [0.15, 0.2) is 24.3 Å². The van der Waals surface area contributed by atoms with Gasteiger partial charge in [-0.05, 0) is 32.0 Å². The van der Waals surface area contributed by atoms with Crippen LogP contribution in [0, 0.1) is 5.82 Å². The minimum absolute atomic E-state index is 0.0298. The number of halogens is 1. The van der Waals surface area contributed by atoms with Crippen molar-refractivity contribution in [2.24, 2.45) is 0 Å². The molecule has 0 unspecified atom stereocenters. The second-order valence-corrected chi connectivity index (χ2v) is 5.46. The molecule has 1 aromatic rings.